The maximum absolute atomic E-state index is 12.2. The zero-order valence-corrected chi connectivity index (χ0v) is 37.6. The van der Waals surface area contributed by atoms with Crippen LogP contribution in [0.2, 0.25) is 0 Å². The summed E-state index contributed by atoms with van der Waals surface area (Å²) < 4.78 is 0. The number of pyridine rings is 2. The van der Waals surface area contributed by atoms with E-state index in [4.69, 9.17) is 9.97 Å². The quantitative estimate of drug-likeness (QED) is 0.175. The summed E-state index contributed by atoms with van der Waals surface area (Å²) in [6, 6.07) is 49.4. The van der Waals surface area contributed by atoms with E-state index in [0.29, 0.717) is 0 Å². The van der Waals surface area contributed by atoms with Gasteiger partial charge in [-0.15, -0.1) is 0 Å². The summed E-state index contributed by atoms with van der Waals surface area (Å²) in [6.07, 6.45) is 1.84. The Morgan fingerprint density at radius 1 is 0.433 bits per heavy atom. The number of hydrogen-bond acceptors (Lipinski definition) is 4. The second kappa shape index (κ2) is 15.9. The predicted molar refractivity (Wildman–Crippen MR) is 255 cm³/mol. The van der Waals surface area contributed by atoms with Crippen molar-refractivity contribution in [1.82, 2.24) is 9.97 Å². The minimum absolute atomic E-state index is 0.0606. The molecule has 60 heavy (non-hydrogen) atoms. The van der Waals surface area contributed by atoms with E-state index in [2.05, 4.69) is 209 Å². The van der Waals surface area contributed by atoms with Crippen molar-refractivity contribution in [1.29, 1.82) is 0 Å². The van der Waals surface area contributed by atoms with E-state index >= 15 is 0 Å². The molecule has 1 N–H and O–H groups in total. The maximum Gasteiger partial charge on any atom is 0.137 e. The lowest BCUT2D eigenvalue weighted by atomic mass is 9.78. The molecule has 2 aromatic heterocycles. The van der Waals surface area contributed by atoms with Crippen LogP contribution >= 0.6 is 0 Å². The van der Waals surface area contributed by atoms with E-state index in [1.54, 1.807) is 0 Å². The Hall–Kier alpha value is -6.00. The molecule has 4 nitrogen and oxygen atoms in total. The third-order valence-electron chi connectivity index (χ3n) is 11.4. The van der Waals surface area contributed by atoms with Crippen LogP contribution < -0.4 is 4.90 Å². The highest BCUT2D eigenvalue weighted by Gasteiger charge is 2.28. The average Bonchev–Trinajstić information content (AvgIpc) is 3.20. The van der Waals surface area contributed by atoms with Crippen molar-refractivity contribution in [2.75, 3.05) is 4.90 Å². The molecule has 4 heteroatoms. The molecule has 0 amide bonds. The lowest BCUT2D eigenvalue weighted by molar-refractivity contribution is 0.446. The monoisotopic (exact) mass is 791 g/mol. The molecule has 0 saturated heterocycles. The first kappa shape index (κ1) is 42.1. The fourth-order valence-electron chi connectivity index (χ4n) is 7.69. The number of phenols is 1. The van der Waals surface area contributed by atoms with Crippen LogP contribution in [-0.2, 0) is 21.7 Å². The van der Waals surface area contributed by atoms with E-state index < -0.39 is 0 Å². The molecule has 5 aromatic carbocycles. The third-order valence-corrected chi connectivity index (χ3v) is 11.4. The number of benzene rings is 5. The summed E-state index contributed by atoms with van der Waals surface area (Å²) in [6.45, 7) is 26.8. The predicted octanol–water partition coefficient (Wildman–Crippen LogP) is 15.5. The van der Waals surface area contributed by atoms with Gasteiger partial charge in [0.25, 0.3) is 0 Å². The van der Waals surface area contributed by atoms with Gasteiger partial charge in [0.15, 0.2) is 0 Å². The number of hydrogen-bond donors (Lipinski definition) is 1. The van der Waals surface area contributed by atoms with Crippen molar-refractivity contribution < 1.29 is 5.11 Å². The first-order valence-corrected chi connectivity index (χ1v) is 21.2. The topological polar surface area (TPSA) is 49.2 Å². The molecule has 306 valence electrons. The van der Waals surface area contributed by atoms with Gasteiger partial charge in [-0.2, -0.15) is 0 Å². The lowest BCUT2D eigenvalue weighted by Gasteiger charge is -2.28. The van der Waals surface area contributed by atoms with Gasteiger partial charge in [-0.05, 0) is 104 Å². The molecule has 0 unspecified atom stereocenters. The Kier molecular flexibility index (Phi) is 11.2. The van der Waals surface area contributed by atoms with Gasteiger partial charge in [0.2, 0.25) is 0 Å². The van der Waals surface area contributed by atoms with Crippen molar-refractivity contribution in [3.63, 3.8) is 0 Å². The van der Waals surface area contributed by atoms with Crippen LogP contribution in [0.4, 0.5) is 17.2 Å². The van der Waals surface area contributed by atoms with Crippen LogP contribution in [0.1, 0.15) is 105 Å². The highest BCUT2D eigenvalue weighted by Crippen LogP contribution is 2.45. The Balaban J connectivity index is 1.51. The van der Waals surface area contributed by atoms with Crippen molar-refractivity contribution in [2.24, 2.45) is 0 Å². The summed E-state index contributed by atoms with van der Waals surface area (Å²) in [5.74, 6) is 1.09. The fraction of sp³-hybridized carbons (Fsp3) is 0.286. The van der Waals surface area contributed by atoms with Gasteiger partial charge in [0.05, 0.1) is 17.1 Å². The van der Waals surface area contributed by atoms with Gasteiger partial charge < -0.3 is 5.11 Å². The molecule has 0 aliphatic rings. The zero-order valence-electron chi connectivity index (χ0n) is 37.6. The Morgan fingerprint density at radius 3 is 1.62 bits per heavy atom. The SMILES string of the molecule is CC(C)(C)c1cc(-c2cc(-c3cccc(N(c4ccccn4)c4ccccc4-c4ccccc4)c3)nc(-c3cc(C(C)(C)C)cc(C(C)(C)C)c3O)c2)cc(C(C)(C)C)c1. The van der Waals surface area contributed by atoms with Crippen molar-refractivity contribution in [3.8, 4) is 50.5 Å². The molecule has 7 aromatic rings. The summed E-state index contributed by atoms with van der Waals surface area (Å²) in [7, 11) is 0. The van der Waals surface area contributed by atoms with Gasteiger partial charge in [-0.1, -0.05) is 174 Å². The Morgan fingerprint density at radius 2 is 1.00 bits per heavy atom. The number of para-hydroxylation sites is 1. The minimum Gasteiger partial charge on any atom is -0.507 e. The molecular weight excluding hydrogens is 731 g/mol. The van der Waals surface area contributed by atoms with Gasteiger partial charge in [0, 0.05) is 34.1 Å². The average molecular weight is 792 g/mol. The van der Waals surface area contributed by atoms with Crippen LogP contribution in [0.25, 0.3) is 44.8 Å². The van der Waals surface area contributed by atoms with E-state index in [1.807, 2.05) is 24.4 Å². The van der Waals surface area contributed by atoms with Crippen LogP contribution in [0, 0.1) is 0 Å². The first-order valence-electron chi connectivity index (χ1n) is 21.2. The number of aromatic nitrogens is 2. The molecule has 0 spiro atoms. The van der Waals surface area contributed by atoms with E-state index in [9.17, 15) is 5.11 Å². The molecule has 0 saturated carbocycles. The van der Waals surface area contributed by atoms with Crippen LogP contribution in [0.3, 0.4) is 0 Å². The number of phenolic OH excluding ortho intramolecular Hbond substituents is 1. The smallest absolute Gasteiger partial charge is 0.137 e. The van der Waals surface area contributed by atoms with Crippen molar-refractivity contribution in [2.45, 2.75) is 105 Å². The third kappa shape index (κ3) is 8.94. The van der Waals surface area contributed by atoms with Gasteiger partial charge in [-0.25, -0.2) is 9.97 Å². The second-order valence-electron chi connectivity index (χ2n) is 20.3. The summed E-state index contributed by atoms with van der Waals surface area (Å²) >= 11 is 0. The molecule has 0 atom stereocenters. The molecule has 0 aliphatic carbocycles. The molecule has 0 aliphatic heterocycles. The van der Waals surface area contributed by atoms with Gasteiger partial charge in [-0.3, -0.25) is 4.90 Å². The molecule has 0 bridgehead atoms. The standard InChI is InChI=1S/C56H61N3O/c1-53(2,3)41-29-39(30-42(34-41)54(4,5)6)40-32-48(58-49(33-40)46-35-43(55(7,8)9)36-47(52(46)60)56(10,11)12)38-23-20-24-44(31-38)59(51-27-18-19-28-57-51)50-26-17-16-25-45(50)37-21-14-13-15-22-37/h13-36,60H,1-12H3. The summed E-state index contributed by atoms with van der Waals surface area (Å²) in [4.78, 5) is 12.6. The number of anilines is 3. The van der Waals surface area contributed by atoms with Crippen molar-refractivity contribution >= 4 is 17.2 Å². The van der Waals surface area contributed by atoms with Gasteiger partial charge >= 0.3 is 0 Å². The van der Waals surface area contributed by atoms with E-state index in [1.165, 1.54) is 11.1 Å². The van der Waals surface area contributed by atoms with E-state index in [-0.39, 0.29) is 27.4 Å². The summed E-state index contributed by atoms with van der Waals surface area (Å²) in [5.41, 5.74) is 13.7. The second-order valence-corrected chi connectivity index (χ2v) is 20.3. The van der Waals surface area contributed by atoms with Gasteiger partial charge in [0.1, 0.15) is 11.6 Å². The van der Waals surface area contributed by atoms with Crippen LogP contribution in [0.5, 0.6) is 5.75 Å². The van der Waals surface area contributed by atoms with Crippen LogP contribution in [-0.4, -0.2) is 15.1 Å². The van der Waals surface area contributed by atoms with Crippen molar-refractivity contribution in [3.05, 3.63) is 168 Å². The molecule has 0 fully saturated rings. The minimum atomic E-state index is -0.289. The molecular formula is C56H61N3O. The lowest BCUT2D eigenvalue weighted by Crippen LogP contribution is -2.17. The largest absolute Gasteiger partial charge is 0.507 e. The molecule has 0 radical (unpaired) electrons. The Labute approximate surface area is 359 Å². The van der Waals surface area contributed by atoms with Crippen LogP contribution in [0.15, 0.2) is 146 Å². The highest BCUT2D eigenvalue weighted by atomic mass is 16.3. The first-order chi connectivity index (χ1) is 28.2. The maximum atomic E-state index is 12.2. The number of rotatable bonds is 7. The number of aromatic hydroxyl groups is 1. The molecule has 2 heterocycles. The number of nitrogens with zero attached hydrogens (tertiary/aromatic N) is 3. The highest BCUT2D eigenvalue weighted by molar-refractivity contribution is 5.88. The normalized spacial score (nSPS) is 12.4. The fourth-order valence-corrected chi connectivity index (χ4v) is 7.69. The van der Waals surface area contributed by atoms with E-state index in [0.717, 1.165) is 73.1 Å². The molecule has 7 rings (SSSR count). The zero-order chi connectivity index (χ0) is 43.2. The summed E-state index contributed by atoms with van der Waals surface area (Å²) in [5, 5.41) is 12.2. The Bertz CT molecular complexity index is 2600.